The van der Waals surface area contributed by atoms with Crippen molar-refractivity contribution < 1.29 is 19.4 Å². The molecule has 1 aromatic carbocycles. The molecule has 23 heavy (non-hydrogen) atoms. The number of aryl methyl sites for hydroxylation is 1. The number of aliphatic hydroxyl groups excluding tert-OH is 1. The van der Waals surface area contributed by atoms with E-state index in [1.165, 1.54) is 0 Å². The Morgan fingerprint density at radius 1 is 1.26 bits per heavy atom. The molecule has 2 N–H and O–H groups in total. The SMILES string of the molecule is Cc1ccc(OCC(O)CN2C(=O)NC(C)(C(C)C)C2=O)cc1. The van der Waals surface area contributed by atoms with E-state index in [2.05, 4.69) is 5.32 Å². The molecule has 0 radical (unpaired) electrons. The topological polar surface area (TPSA) is 78.9 Å². The third-order valence-corrected chi connectivity index (χ3v) is 4.31. The number of imide groups is 1. The number of hydrogen-bond acceptors (Lipinski definition) is 4. The lowest BCUT2D eigenvalue weighted by atomic mass is 9.88. The predicted molar refractivity (Wildman–Crippen MR) is 86.2 cm³/mol. The van der Waals surface area contributed by atoms with Gasteiger partial charge in [0.15, 0.2) is 0 Å². The predicted octanol–water partition coefficient (Wildman–Crippen LogP) is 1.70. The van der Waals surface area contributed by atoms with Crippen molar-refractivity contribution in [1.29, 1.82) is 0 Å². The molecular formula is C17H24N2O4. The smallest absolute Gasteiger partial charge is 0.325 e. The molecule has 126 valence electrons. The van der Waals surface area contributed by atoms with Gasteiger partial charge in [-0.2, -0.15) is 0 Å². The van der Waals surface area contributed by atoms with E-state index in [0.29, 0.717) is 5.75 Å². The molecule has 1 aromatic rings. The van der Waals surface area contributed by atoms with Crippen LogP contribution in [0.3, 0.4) is 0 Å². The summed E-state index contributed by atoms with van der Waals surface area (Å²) < 4.78 is 5.48. The lowest BCUT2D eigenvalue weighted by Gasteiger charge is -2.26. The Morgan fingerprint density at radius 2 is 1.87 bits per heavy atom. The van der Waals surface area contributed by atoms with Crippen LogP contribution >= 0.6 is 0 Å². The van der Waals surface area contributed by atoms with Crippen LogP contribution in [0.2, 0.25) is 0 Å². The van der Waals surface area contributed by atoms with Gasteiger partial charge in [-0.05, 0) is 31.9 Å². The Bertz CT molecular complexity index is 585. The van der Waals surface area contributed by atoms with E-state index >= 15 is 0 Å². The zero-order chi connectivity index (χ0) is 17.2. The van der Waals surface area contributed by atoms with Crippen LogP contribution in [0, 0.1) is 12.8 Å². The Kier molecular flexibility index (Phi) is 4.94. The van der Waals surface area contributed by atoms with E-state index in [1.807, 2.05) is 45.0 Å². The minimum absolute atomic E-state index is 0.0124. The summed E-state index contributed by atoms with van der Waals surface area (Å²) in [6.07, 6.45) is -0.944. The minimum Gasteiger partial charge on any atom is -0.491 e. The molecule has 2 unspecified atom stereocenters. The monoisotopic (exact) mass is 320 g/mol. The van der Waals surface area contributed by atoms with Gasteiger partial charge < -0.3 is 15.2 Å². The minimum atomic E-state index is -0.944. The number of carbonyl (C=O) groups excluding carboxylic acids is 2. The summed E-state index contributed by atoms with van der Waals surface area (Å²) >= 11 is 0. The van der Waals surface area contributed by atoms with Crippen molar-refractivity contribution in [2.45, 2.75) is 39.3 Å². The fraction of sp³-hybridized carbons (Fsp3) is 0.529. The Hall–Kier alpha value is -2.08. The molecular weight excluding hydrogens is 296 g/mol. The number of ether oxygens (including phenoxy) is 1. The van der Waals surface area contributed by atoms with Crippen molar-refractivity contribution >= 4 is 11.9 Å². The van der Waals surface area contributed by atoms with Gasteiger partial charge in [0.05, 0.1) is 6.54 Å². The van der Waals surface area contributed by atoms with Crippen LogP contribution in [0.5, 0.6) is 5.75 Å². The van der Waals surface area contributed by atoms with Crippen LogP contribution in [0.4, 0.5) is 4.79 Å². The molecule has 6 heteroatoms. The molecule has 1 saturated heterocycles. The first-order valence-electron chi connectivity index (χ1n) is 7.75. The van der Waals surface area contributed by atoms with Crippen molar-refractivity contribution in [2.75, 3.05) is 13.2 Å². The molecule has 2 atom stereocenters. The number of benzene rings is 1. The number of nitrogens with one attached hydrogen (secondary N) is 1. The summed E-state index contributed by atoms with van der Waals surface area (Å²) in [5, 5.41) is 12.8. The maximum absolute atomic E-state index is 12.4. The molecule has 0 spiro atoms. The van der Waals surface area contributed by atoms with Crippen molar-refractivity contribution in [3.8, 4) is 5.75 Å². The molecule has 0 aromatic heterocycles. The standard InChI is InChI=1S/C17H24N2O4/c1-11(2)17(4)15(21)19(16(22)18-17)9-13(20)10-23-14-7-5-12(3)6-8-14/h5-8,11,13,20H,9-10H2,1-4H3,(H,18,22). The summed E-state index contributed by atoms with van der Waals surface area (Å²) in [4.78, 5) is 25.5. The third kappa shape index (κ3) is 3.64. The zero-order valence-electron chi connectivity index (χ0n) is 14.0. The van der Waals surface area contributed by atoms with Crippen LogP contribution in [0.1, 0.15) is 26.3 Å². The number of β-amino-alcohol motifs (C(OH)–C–C–N with tert-alkyl or cyclic N) is 1. The largest absolute Gasteiger partial charge is 0.491 e. The molecule has 2 rings (SSSR count). The van der Waals surface area contributed by atoms with E-state index < -0.39 is 17.7 Å². The Morgan fingerprint density at radius 3 is 2.39 bits per heavy atom. The maximum Gasteiger partial charge on any atom is 0.325 e. The van der Waals surface area contributed by atoms with Gasteiger partial charge in [0, 0.05) is 0 Å². The highest BCUT2D eigenvalue weighted by molar-refractivity contribution is 6.06. The highest BCUT2D eigenvalue weighted by Crippen LogP contribution is 2.25. The van der Waals surface area contributed by atoms with E-state index in [-0.39, 0.29) is 25.0 Å². The number of amides is 3. The molecule has 3 amide bonds. The van der Waals surface area contributed by atoms with Crippen LogP contribution in [0.25, 0.3) is 0 Å². The van der Waals surface area contributed by atoms with Gasteiger partial charge in [0.25, 0.3) is 5.91 Å². The quantitative estimate of drug-likeness (QED) is 0.782. The van der Waals surface area contributed by atoms with Crippen molar-refractivity contribution in [1.82, 2.24) is 10.2 Å². The van der Waals surface area contributed by atoms with E-state index in [9.17, 15) is 14.7 Å². The number of rotatable bonds is 6. The lowest BCUT2D eigenvalue weighted by molar-refractivity contribution is -0.133. The molecule has 0 aliphatic carbocycles. The average molecular weight is 320 g/mol. The fourth-order valence-electron chi connectivity index (χ4n) is 2.36. The normalized spacial score (nSPS) is 22.4. The number of urea groups is 1. The van der Waals surface area contributed by atoms with Gasteiger partial charge in [-0.1, -0.05) is 31.5 Å². The first kappa shape index (κ1) is 17.3. The molecule has 0 saturated carbocycles. The van der Waals surface area contributed by atoms with Crippen LogP contribution in [0.15, 0.2) is 24.3 Å². The van der Waals surface area contributed by atoms with E-state index in [1.54, 1.807) is 6.92 Å². The number of carbonyl (C=O) groups is 2. The number of hydrogen-bond donors (Lipinski definition) is 2. The van der Waals surface area contributed by atoms with Crippen molar-refractivity contribution in [3.63, 3.8) is 0 Å². The Balaban J connectivity index is 1.92. The van der Waals surface area contributed by atoms with Gasteiger partial charge in [0.2, 0.25) is 0 Å². The second kappa shape index (κ2) is 6.58. The van der Waals surface area contributed by atoms with Crippen molar-refractivity contribution in [2.24, 2.45) is 5.92 Å². The molecule has 0 bridgehead atoms. The summed E-state index contributed by atoms with van der Waals surface area (Å²) in [7, 11) is 0. The van der Waals surface area contributed by atoms with Crippen LogP contribution < -0.4 is 10.1 Å². The highest BCUT2D eigenvalue weighted by atomic mass is 16.5. The van der Waals surface area contributed by atoms with Gasteiger partial charge in [0.1, 0.15) is 24.0 Å². The number of nitrogens with zero attached hydrogens (tertiary/aromatic N) is 1. The zero-order valence-corrected chi connectivity index (χ0v) is 14.0. The third-order valence-electron chi connectivity index (χ3n) is 4.31. The molecule has 1 aliphatic rings. The van der Waals surface area contributed by atoms with E-state index in [0.717, 1.165) is 10.5 Å². The average Bonchev–Trinajstić information content (AvgIpc) is 2.71. The first-order valence-corrected chi connectivity index (χ1v) is 7.75. The fourth-order valence-corrected chi connectivity index (χ4v) is 2.36. The van der Waals surface area contributed by atoms with Gasteiger partial charge in [-0.15, -0.1) is 0 Å². The maximum atomic E-state index is 12.4. The second-order valence-corrected chi connectivity index (χ2v) is 6.48. The van der Waals surface area contributed by atoms with Gasteiger partial charge in [-0.25, -0.2) is 4.79 Å². The van der Waals surface area contributed by atoms with Crippen LogP contribution in [-0.2, 0) is 4.79 Å². The molecule has 1 aliphatic heterocycles. The van der Waals surface area contributed by atoms with Gasteiger partial charge in [-0.3, -0.25) is 9.69 Å². The summed E-state index contributed by atoms with van der Waals surface area (Å²) in [6, 6.07) is 6.97. The van der Waals surface area contributed by atoms with E-state index in [4.69, 9.17) is 4.74 Å². The van der Waals surface area contributed by atoms with Crippen molar-refractivity contribution in [3.05, 3.63) is 29.8 Å². The van der Waals surface area contributed by atoms with Gasteiger partial charge >= 0.3 is 6.03 Å². The summed E-state index contributed by atoms with van der Waals surface area (Å²) in [5.74, 6) is 0.288. The van der Waals surface area contributed by atoms with Crippen LogP contribution in [-0.4, -0.2) is 46.7 Å². The summed E-state index contributed by atoms with van der Waals surface area (Å²) in [6.45, 7) is 7.35. The second-order valence-electron chi connectivity index (χ2n) is 6.48. The first-order chi connectivity index (χ1) is 10.7. The molecule has 6 nitrogen and oxygen atoms in total. The summed E-state index contributed by atoms with van der Waals surface area (Å²) in [5.41, 5.74) is 0.194. The highest BCUT2D eigenvalue weighted by Gasteiger charge is 2.49. The molecule has 1 heterocycles. The lowest BCUT2D eigenvalue weighted by Crippen LogP contribution is -2.49. The number of aliphatic hydroxyl groups is 1. The Labute approximate surface area is 136 Å². The molecule has 1 fully saturated rings.